The first-order chi connectivity index (χ1) is 12.0. The van der Waals surface area contributed by atoms with Crippen molar-refractivity contribution >= 4 is 16.8 Å². The molecule has 130 valence electrons. The van der Waals surface area contributed by atoms with Gasteiger partial charge in [-0.25, -0.2) is 0 Å². The number of hydrogen-bond acceptors (Lipinski definition) is 3. The molecule has 0 saturated heterocycles. The SMILES string of the molecule is CCN(C)C(=O)Cn1ccc2c(Cc3c(C)ccnc3C)nccc21. The second-order valence-electron chi connectivity index (χ2n) is 6.41. The zero-order valence-corrected chi connectivity index (χ0v) is 15.3. The van der Waals surface area contributed by atoms with Crippen molar-refractivity contribution in [1.29, 1.82) is 0 Å². The monoisotopic (exact) mass is 336 g/mol. The minimum atomic E-state index is 0.109. The van der Waals surface area contributed by atoms with Crippen molar-refractivity contribution in [3.63, 3.8) is 0 Å². The molecule has 0 radical (unpaired) electrons. The highest BCUT2D eigenvalue weighted by Gasteiger charge is 2.13. The van der Waals surface area contributed by atoms with E-state index in [2.05, 4.69) is 23.0 Å². The van der Waals surface area contributed by atoms with Gasteiger partial charge in [-0.15, -0.1) is 0 Å². The van der Waals surface area contributed by atoms with Gasteiger partial charge in [0, 0.05) is 49.7 Å². The van der Waals surface area contributed by atoms with Crippen molar-refractivity contribution < 1.29 is 4.79 Å². The molecule has 5 nitrogen and oxygen atoms in total. The fraction of sp³-hybridized carbons (Fsp3) is 0.350. The van der Waals surface area contributed by atoms with Crippen LogP contribution in [0, 0.1) is 13.8 Å². The fourth-order valence-corrected chi connectivity index (χ4v) is 3.06. The topological polar surface area (TPSA) is 51.0 Å². The van der Waals surface area contributed by atoms with Gasteiger partial charge < -0.3 is 9.47 Å². The van der Waals surface area contributed by atoms with Gasteiger partial charge in [-0.1, -0.05) is 0 Å². The number of aryl methyl sites for hydroxylation is 2. The van der Waals surface area contributed by atoms with Crippen LogP contribution in [0.4, 0.5) is 0 Å². The van der Waals surface area contributed by atoms with Gasteiger partial charge in [-0.05, 0) is 50.1 Å². The molecule has 0 fully saturated rings. The maximum Gasteiger partial charge on any atom is 0.242 e. The smallest absolute Gasteiger partial charge is 0.242 e. The molecule has 0 aromatic carbocycles. The molecule has 0 spiro atoms. The van der Waals surface area contributed by atoms with Gasteiger partial charge in [0.1, 0.15) is 6.54 Å². The predicted molar refractivity (Wildman–Crippen MR) is 99.6 cm³/mol. The summed E-state index contributed by atoms with van der Waals surface area (Å²) in [4.78, 5) is 23.0. The van der Waals surface area contributed by atoms with Crippen molar-refractivity contribution in [2.24, 2.45) is 0 Å². The van der Waals surface area contributed by atoms with Crippen molar-refractivity contribution in [1.82, 2.24) is 19.4 Å². The minimum absolute atomic E-state index is 0.109. The molecule has 0 aliphatic heterocycles. The number of aromatic nitrogens is 3. The molecule has 0 aliphatic rings. The average Bonchev–Trinajstić information content (AvgIpc) is 3.01. The quantitative estimate of drug-likeness (QED) is 0.719. The Kier molecular flexibility index (Phi) is 4.83. The molecule has 3 aromatic heterocycles. The van der Waals surface area contributed by atoms with E-state index in [1.807, 2.05) is 56.2 Å². The molecule has 0 saturated carbocycles. The number of carbonyl (C=O) groups is 1. The largest absolute Gasteiger partial charge is 0.344 e. The van der Waals surface area contributed by atoms with Crippen molar-refractivity contribution in [2.45, 2.75) is 33.7 Å². The number of likely N-dealkylation sites (N-methyl/N-ethyl adjacent to an activating group) is 1. The van der Waals surface area contributed by atoms with E-state index in [1.165, 1.54) is 11.1 Å². The van der Waals surface area contributed by atoms with Crippen LogP contribution < -0.4 is 0 Å². The summed E-state index contributed by atoms with van der Waals surface area (Å²) in [5, 5.41) is 1.09. The molecule has 3 heterocycles. The molecule has 0 bridgehead atoms. The van der Waals surface area contributed by atoms with Gasteiger partial charge in [-0.2, -0.15) is 0 Å². The van der Waals surface area contributed by atoms with Crippen LogP contribution in [0.5, 0.6) is 0 Å². The standard InChI is InChI=1S/C20H24N4O/c1-5-23(4)20(25)13-24-11-8-16-18(22-10-7-19(16)24)12-17-14(2)6-9-21-15(17)3/h6-11H,5,12-13H2,1-4H3. The third-order valence-electron chi connectivity index (χ3n) is 4.84. The Balaban J connectivity index is 1.95. The molecule has 3 rings (SSSR count). The summed E-state index contributed by atoms with van der Waals surface area (Å²) < 4.78 is 2.00. The van der Waals surface area contributed by atoms with E-state index in [4.69, 9.17) is 0 Å². The highest BCUT2D eigenvalue weighted by molar-refractivity contribution is 5.85. The van der Waals surface area contributed by atoms with Gasteiger partial charge >= 0.3 is 0 Å². The summed E-state index contributed by atoms with van der Waals surface area (Å²) >= 11 is 0. The highest BCUT2D eigenvalue weighted by Crippen LogP contribution is 2.23. The Morgan fingerprint density at radius 3 is 2.64 bits per heavy atom. The number of amides is 1. The Morgan fingerprint density at radius 1 is 1.16 bits per heavy atom. The Bertz CT molecular complexity index is 893. The maximum atomic E-state index is 12.2. The third-order valence-corrected chi connectivity index (χ3v) is 4.84. The molecule has 1 amide bonds. The number of fused-ring (bicyclic) bond motifs is 1. The molecule has 0 unspecified atom stereocenters. The second kappa shape index (κ2) is 7.05. The number of carbonyl (C=O) groups excluding carboxylic acids is 1. The van der Waals surface area contributed by atoms with Gasteiger partial charge in [0.2, 0.25) is 5.91 Å². The second-order valence-corrected chi connectivity index (χ2v) is 6.41. The first-order valence-corrected chi connectivity index (χ1v) is 8.59. The predicted octanol–water partition coefficient (Wildman–Crippen LogP) is 3.12. The Hall–Kier alpha value is -2.69. The molecule has 0 aliphatic carbocycles. The Labute approximate surface area is 148 Å². The number of nitrogens with zero attached hydrogens (tertiary/aromatic N) is 4. The number of pyridine rings is 2. The summed E-state index contributed by atoms with van der Waals surface area (Å²) in [7, 11) is 1.83. The van der Waals surface area contributed by atoms with E-state index in [-0.39, 0.29) is 5.91 Å². The van der Waals surface area contributed by atoms with E-state index in [9.17, 15) is 4.79 Å². The lowest BCUT2D eigenvalue weighted by Gasteiger charge is -2.15. The van der Waals surface area contributed by atoms with Gasteiger partial charge in [0.25, 0.3) is 0 Å². The summed E-state index contributed by atoms with van der Waals surface area (Å²) in [5.74, 6) is 0.109. The van der Waals surface area contributed by atoms with Crippen molar-refractivity contribution in [3.8, 4) is 0 Å². The lowest BCUT2D eigenvalue weighted by atomic mass is 10.0. The molecule has 0 atom stereocenters. The first-order valence-electron chi connectivity index (χ1n) is 8.59. The zero-order chi connectivity index (χ0) is 18.0. The summed E-state index contributed by atoms with van der Waals surface area (Å²) in [5.41, 5.74) is 5.55. The van der Waals surface area contributed by atoms with Crippen LogP contribution in [0.3, 0.4) is 0 Å². The van der Waals surface area contributed by atoms with Gasteiger partial charge in [-0.3, -0.25) is 14.8 Å². The van der Waals surface area contributed by atoms with E-state index in [1.54, 1.807) is 4.90 Å². The molecule has 5 heteroatoms. The Morgan fingerprint density at radius 2 is 1.92 bits per heavy atom. The van der Waals surface area contributed by atoms with E-state index < -0.39 is 0 Å². The normalized spacial score (nSPS) is 11.0. The van der Waals surface area contributed by atoms with Crippen LogP contribution >= 0.6 is 0 Å². The summed E-state index contributed by atoms with van der Waals surface area (Å²) in [6, 6.07) is 6.06. The molecular formula is C20H24N4O. The van der Waals surface area contributed by atoms with Crippen LogP contribution in [-0.2, 0) is 17.8 Å². The van der Waals surface area contributed by atoms with Crippen molar-refractivity contribution in [2.75, 3.05) is 13.6 Å². The molecule has 25 heavy (non-hydrogen) atoms. The van der Waals surface area contributed by atoms with E-state index >= 15 is 0 Å². The number of hydrogen-bond donors (Lipinski definition) is 0. The lowest BCUT2D eigenvalue weighted by Crippen LogP contribution is -2.29. The molecule has 3 aromatic rings. The maximum absolute atomic E-state index is 12.2. The summed E-state index contributed by atoms with van der Waals surface area (Å²) in [6.07, 6.45) is 6.38. The van der Waals surface area contributed by atoms with Crippen LogP contribution in [0.25, 0.3) is 10.9 Å². The lowest BCUT2D eigenvalue weighted by molar-refractivity contribution is -0.130. The summed E-state index contributed by atoms with van der Waals surface area (Å²) in [6.45, 7) is 7.18. The molecule has 0 N–H and O–H groups in total. The zero-order valence-electron chi connectivity index (χ0n) is 15.3. The van der Waals surface area contributed by atoms with E-state index in [0.29, 0.717) is 13.1 Å². The van der Waals surface area contributed by atoms with E-state index in [0.717, 1.165) is 28.7 Å². The van der Waals surface area contributed by atoms with Crippen LogP contribution in [0.2, 0.25) is 0 Å². The highest BCUT2D eigenvalue weighted by atomic mass is 16.2. The third kappa shape index (κ3) is 3.40. The minimum Gasteiger partial charge on any atom is -0.344 e. The number of rotatable bonds is 5. The van der Waals surface area contributed by atoms with Crippen LogP contribution in [0.1, 0.15) is 29.4 Å². The van der Waals surface area contributed by atoms with Gasteiger partial charge in [0.15, 0.2) is 0 Å². The first kappa shape index (κ1) is 17.1. The average molecular weight is 336 g/mol. The molecular weight excluding hydrogens is 312 g/mol. The van der Waals surface area contributed by atoms with Gasteiger partial charge in [0.05, 0.1) is 11.2 Å². The van der Waals surface area contributed by atoms with Crippen molar-refractivity contribution in [3.05, 3.63) is 59.3 Å². The fourth-order valence-electron chi connectivity index (χ4n) is 3.06. The van der Waals surface area contributed by atoms with Crippen LogP contribution in [0.15, 0.2) is 36.8 Å². The van der Waals surface area contributed by atoms with Crippen LogP contribution in [-0.4, -0.2) is 38.9 Å².